The van der Waals surface area contributed by atoms with Crippen molar-refractivity contribution in [3.05, 3.63) is 106 Å². The van der Waals surface area contributed by atoms with Crippen molar-refractivity contribution in [3.8, 4) is 0 Å². The van der Waals surface area contributed by atoms with E-state index in [0.717, 1.165) is 69.3 Å². The van der Waals surface area contributed by atoms with Crippen LogP contribution in [0.25, 0.3) is 0 Å². The second-order valence-corrected chi connectivity index (χ2v) is 12.0. The molecule has 0 radical (unpaired) electrons. The van der Waals surface area contributed by atoms with Crippen LogP contribution in [0.15, 0.2) is 72.8 Å². The number of benzene rings is 3. The maximum Gasteiger partial charge on any atom is 0.416 e. The lowest BCUT2D eigenvalue weighted by Gasteiger charge is -2.48. The highest BCUT2D eigenvalue weighted by molar-refractivity contribution is 5.34. The second kappa shape index (κ2) is 12.6. The van der Waals surface area contributed by atoms with Gasteiger partial charge in [0.05, 0.1) is 23.8 Å². The molecule has 232 valence electrons. The molecule has 5 rings (SSSR count). The molecular weight excluding hydrogens is 571 g/mol. The molecule has 2 fully saturated rings. The SMILES string of the molecule is CC(OCc1cc(C(F)(F)F)cc(C(F)(F)F)c1)C1(c2ccccc2)CCC(N2CCC(c3ccc(F)cc3)CC2)CC1. The van der Waals surface area contributed by atoms with Crippen molar-refractivity contribution in [2.24, 2.45) is 0 Å². The van der Waals surface area contributed by atoms with Crippen LogP contribution in [-0.2, 0) is 29.1 Å². The van der Waals surface area contributed by atoms with E-state index in [1.54, 1.807) is 0 Å². The molecule has 0 spiro atoms. The van der Waals surface area contributed by atoms with E-state index in [1.165, 1.54) is 17.7 Å². The van der Waals surface area contributed by atoms with E-state index < -0.39 is 35.0 Å². The van der Waals surface area contributed by atoms with E-state index in [4.69, 9.17) is 4.74 Å². The van der Waals surface area contributed by atoms with Gasteiger partial charge in [0.15, 0.2) is 0 Å². The highest BCUT2D eigenvalue weighted by Gasteiger charge is 2.44. The summed E-state index contributed by atoms with van der Waals surface area (Å²) in [6.07, 6.45) is -4.85. The van der Waals surface area contributed by atoms with E-state index in [2.05, 4.69) is 4.90 Å². The van der Waals surface area contributed by atoms with Gasteiger partial charge in [0.1, 0.15) is 5.82 Å². The summed E-state index contributed by atoms with van der Waals surface area (Å²) < 4.78 is 99.9. The van der Waals surface area contributed by atoms with E-state index in [-0.39, 0.29) is 24.1 Å². The normalized spacial score (nSPS) is 23.3. The van der Waals surface area contributed by atoms with Crippen molar-refractivity contribution in [1.82, 2.24) is 4.90 Å². The molecule has 0 bridgehead atoms. The van der Waals surface area contributed by atoms with Gasteiger partial charge in [0.2, 0.25) is 0 Å². The van der Waals surface area contributed by atoms with Crippen molar-refractivity contribution in [3.63, 3.8) is 0 Å². The molecule has 43 heavy (non-hydrogen) atoms. The minimum absolute atomic E-state index is 0.141. The molecule has 1 atom stereocenters. The van der Waals surface area contributed by atoms with Gasteiger partial charge in [0.25, 0.3) is 0 Å². The number of hydrogen-bond acceptors (Lipinski definition) is 2. The Labute approximate surface area is 247 Å². The molecule has 1 aliphatic heterocycles. The van der Waals surface area contributed by atoms with E-state index in [1.807, 2.05) is 49.4 Å². The zero-order valence-corrected chi connectivity index (χ0v) is 24.0. The van der Waals surface area contributed by atoms with Crippen LogP contribution in [0.4, 0.5) is 30.7 Å². The molecule has 0 amide bonds. The number of halogens is 7. The van der Waals surface area contributed by atoms with Gasteiger partial charge in [-0.3, -0.25) is 0 Å². The quantitative estimate of drug-likeness (QED) is 0.248. The van der Waals surface area contributed by atoms with Gasteiger partial charge in [-0.05, 0) is 111 Å². The first-order valence-corrected chi connectivity index (χ1v) is 14.8. The lowest BCUT2D eigenvalue weighted by Crippen LogP contribution is -2.49. The maximum atomic E-state index is 13.4. The molecule has 0 aromatic heterocycles. The van der Waals surface area contributed by atoms with Gasteiger partial charge in [0, 0.05) is 11.5 Å². The van der Waals surface area contributed by atoms with Crippen LogP contribution in [0, 0.1) is 5.82 Å². The fraction of sp³-hybridized carbons (Fsp3) is 0.471. The predicted molar refractivity (Wildman–Crippen MR) is 151 cm³/mol. The smallest absolute Gasteiger partial charge is 0.373 e. The second-order valence-electron chi connectivity index (χ2n) is 12.0. The number of rotatable bonds is 7. The minimum Gasteiger partial charge on any atom is -0.373 e. The van der Waals surface area contributed by atoms with Crippen LogP contribution >= 0.6 is 0 Å². The first-order valence-electron chi connectivity index (χ1n) is 14.8. The summed E-state index contributed by atoms with van der Waals surface area (Å²) >= 11 is 0. The number of nitrogens with zero attached hydrogens (tertiary/aromatic N) is 1. The fourth-order valence-electron chi connectivity index (χ4n) is 7.00. The van der Waals surface area contributed by atoms with Gasteiger partial charge >= 0.3 is 12.4 Å². The number of ether oxygens (including phenoxy) is 1. The first-order chi connectivity index (χ1) is 20.3. The molecule has 1 saturated carbocycles. The number of hydrogen-bond donors (Lipinski definition) is 0. The Morgan fingerprint density at radius 3 is 1.88 bits per heavy atom. The monoisotopic (exact) mass is 607 g/mol. The summed E-state index contributed by atoms with van der Waals surface area (Å²) in [5.41, 5.74) is -1.02. The zero-order chi connectivity index (χ0) is 30.8. The van der Waals surface area contributed by atoms with Crippen molar-refractivity contribution in [2.45, 2.75) is 87.9 Å². The van der Waals surface area contributed by atoms with Crippen LogP contribution in [-0.4, -0.2) is 30.1 Å². The Kier molecular flexibility index (Phi) is 9.23. The third kappa shape index (κ3) is 7.26. The topological polar surface area (TPSA) is 12.5 Å². The molecule has 1 saturated heterocycles. The zero-order valence-electron chi connectivity index (χ0n) is 24.0. The molecule has 3 aromatic rings. The minimum atomic E-state index is -4.90. The molecular formula is C34H36F7NO. The van der Waals surface area contributed by atoms with E-state index >= 15 is 0 Å². The highest BCUT2D eigenvalue weighted by Crippen LogP contribution is 2.46. The Balaban J connectivity index is 1.27. The highest BCUT2D eigenvalue weighted by atomic mass is 19.4. The summed E-state index contributed by atoms with van der Waals surface area (Å²) in [6, 6.07) is 18.6. The largest absolute Gasteiger partial charge is 0.416 e. The molecule has 3 aromatic carbocycles. The van der Waals surface area contributed by atoms with Crippen LogP contribution in [0.3, 0.4) is 0 Å². The molecule has 1 heterocycles. The maximum absolute atomic E-state index is 13.4. The van der Waals surface area contributed by atoms with Crippen molar-refractivity contribution in [2.75, 3.05) is 13.1 Å². The first kappa shape index (κ1) is 31.5. The molecule has 2 nitrogen and oxygen atoms in total. The summed E-state index contributed by atoms with van der Waals surface area (Å²) in [4.78, 5) is 2.53. The number of piperidine rings is 1. The van der Waals surface area contributed by atoms with Gasteiger partial charge in [-0.1, -0.05) is 42.5 Å². The van der Waals surface area contributed by atoms with E-state index in [0.29, 0.717) is 12.0 Å². The molecule has 1 unspecified atom stereocenters. The van der Waals surface area contributed by atoms with Gasteiger partial charge in [-0.15, -0.1) is 0 Å². The number of alkyl halides is 6. The Hall–Kier alpha value is -2.91. The van der Waals surface area contributed by atoms with Gasteiger partial charge in [-0.2, -0.15) is 26.3 Å². The van der Waals surface area contributed by atoms with Crippen LogP contribution < -0.4 is 0 Å². The Morgan fingerprint density at radius 1 is 0.791 bits per heavy atom. The van der Waals surface area contributed by atoms with Gasteiger partial charge in [-0.25, -0.2) is 4.39 Å². The molecule has 0 N–H and O–H groups in total. The summed E-state index contributed by atoms with van der Waals surface area (Å²) in [6.45, 7) is 3.42. The third-order valence-electron chi connectivity index (χ3n) is 9.51. The third-order valence-corrected chi connectivity index (χ3v) is 9.51. The fourth-order valence-corrected chi connectivity index (χ4v) is 7.00. The molecule has 9 heteroatoms. The van der Waals surface area contributed by atoms with Crippen LogP contribution in [0.2, 0.25) is 0 Å². The van der Waals surface area contributed by atoms with Gasteiger partial charge < -0.3 is 9.64 Å². The average molecular weight is 608 g/mol. The lowest BCUT2D eigenvalue weighted by molar-refractivity contribution is -0.143. The van der Waals surface area contributed by atoms with Crippen molar-refractivity contribution < 1.29 is 35.5 Å². The van der Waals surface area contributed by atoms with Crippen LogP contribution in [0.5, 0.6) is 0 Å². The lowest BCUT2D eigenvalue weighted by atomic mass is 9.65. The summed E-state index contributed by atoms with van der Waals surface area (Å²) in [5.74, 6) is 0.176. The van der Waals surface area contributed by atoms with E-state index in [9.17, 15) is 30.7 Å². The standard InChI is InChI=1S/C34H36F7NO/c1-23(43-22-24-19-28(33(36,37)38)21-29(20-24)34(39,40)41)32(27-5-3-2-4-6-27)15-11-31(12-16-32)42-17-13-26(14-18-42)25-7-9-30(35)10-8-25/h2-10,19-21,23,26,31H,11-18,22H2,1H3. The Morgan fingerprint density at radius 2 is 1.35 bits per heavy atom. The molecule has 2 aliphatic rings. The summed E-state index contributed by atoms with van der Waals surface area (Å²) in [5, 5.41) is 0. The number of likely N-dealkylation sites (tertiary alicyclic amines) is 1. The Bertz CT molecular complexity index is 1310. The van der Waals surface area contributed by atoms with Crippen molar-refractivity contribution in [1.29, 1.82) is 0 Å². The average Bonchev–Trinajstić information content (AvgIpc) is 3.00. The van der Waals surface area contributed by atoms with Crippen molar-refractivity contribution >= 4 is 0 Å². The van der Waals surface area contributed by atoms with Crippen LogP contribution in [0.1, 0.15) is 79.2 Å². The predicted octanol–water partition coefficient (Wildman–Crippen LogP) is 9.53. The summed E-state index contributed by atoms with van der Waals surface area (Å²) in [7, 11) is 0. The molecule has 1 aliphatic carbocycles.